The quantitative estimate of drug-likeness (QED) is 0.789. The molecule has 0 aromatic carbocycles. The number of methoxy groups -OCH3 is 1. The smallest absolute Gasteiger partial charge is 0.245 e. The van der Waals surface area contributed by atoms with E-state index < -0.39 is 0 Å². The zero-order valence-electron chi connectivity index (χ0n) is 8.58. The van der Waals surface area contributed by atoms with Crippen molar-refractivity contribution in [2.75, 3.05) is 13.7 Å². The van der Waals surface area contributed by atoms with Gasteiger partial charge in [0.05, 0.1) is 26.1 Å². The molecule has 6 heteroatoms. The first-order chi connectivity index (χ1) is 7.27. The van der Waals surface area contributed by atoms with Crippen molar-refractivity contribution >= 4 is 11.2 Å². The van der Waals surface area contributed by atoms with Gasteiger partial charge in [-0.15, -0.1) is 0 Å². The fraction of sp³-hybridized carbons (Fsp3) is 0.444. The van der Waals surface area contributed by atoms with Gasteiger partial charge in [0.15, 0.2) is 11.2 Å². The molecule has 2 rings (SSSR count). The van der Waals surface area contributed by atoms with Gasteiger partial charge in [0.1, 0.15) is 6.33 Å². The second kappa shape index (κ2) is 3.82. The van der Waals surface area contributed by atoms with Gasteiger partial charge in [-0.3, -0.25) is 0 Å². The Bertz CT molecular complexity index is 468. The molecule has 0 aliphatic carbocycles. The second-order valence-corrected chi connectivity index (χ2v) is 3.24. The van der Waals surface area contributed by atoms with Gasteiger partial charge in [-0.25, -0.2) is 9.97 Å². The summed E-state index contributed by atoms with van der Waals surface area (Å²) in [4.78, 5) is 12.2. The van der Waals surface area contributed by atoms with Crippen LogP contribution in [-0.4, -0.2) is 38.3 Å². The molecule has 2 aromatic heterocycles. The molecule has 0 radical (unpaired) electrons. The van der Waals surface area contributed by atoms with Crippen molar-refractivity contribution in [2.24, 2.45) is 0 Å². The predicted octanol–water partition coefficient (Wildman–Crippen LogP) is 0.388. The average molecular weight is 208 g/mol. The van der Waals surface area contributed by atoms with E-state index in [1.54, 1.807) is 10.9 Å². The van der Waals surface area contributed by atoms with E-state index in [9.17, 15) is 0 Å². The average Bonchev–Trinajstić information content (AvgIpc) is 2.71. The minimum Gasteiger partial charge on any atom is -0.479 e. The molecule has 0 aliphatic rings. The predicted molar refractivity (Wildman–Crippen MR) is 53.7 cm³/mol. The van der Waals surface area contributed by atoms with Crippen LogP contribution in [0.3, 0.4) is 0 Å². The van der Waals surface area contributed by atoms with Crippen LogP contribution in [0, 0.1) is 0 Å². The van der Waals surface area contributed by atoms with E-state index >= 15 is 0 Å². The van der Waals surface area contributed by atoms with Crippen LogP contribution < -0.4 is 4.74 Å². The number of aromatic nitrogens is 4. The maximum absolute atomic E-state index is 9.07. The fourth-order valence-corrected chi connectivity index (χ4v) is 1.39. The third-order valence-electron chi connectivity index (χ3n) is 2.26. The van der Waals surface area contributed by atoms with Gasteiger partial charge in [-0.05, 0) is 6.92 Å². The van der Waals surface area contributed by atoms with Crippen molar-refractivity contribution < 1.29 is 9.84 Å². The Morgan fingerprint density at radius 1 is 1.47 bits per heavy atom. The van der Waals surface area contributed by atoms with Gasteiger partial charge in [0, 0.05) is 0 Å². The summed E-state index contributed by atoms with van der Waals surface area (Å²) >= 11 is 0. The van der Waals surface area contributed by atoms with Crippen molar-refractivity contribution in [1.82, 2.24) is 19.5 Å². The summed E-state index contributed by atoms with van der Waals surface area (Å²) < 4.78 is 6.86. The Balaban J connectivity index is 2.60. The number of nitrogens with zero attached hydrogens (tertiary/aromatic N) is 4. The van der Waals surface area contributed by atoms with E-state index in [-0.39, 0.29) is 12.6 Å². The maximum Gasteiger partial charge on any atom is 0.245 e. The van der Waals surface area contributed by atoms with Crippen LogP contribution >= 0.6 is 0 Å². The molecule has 1 atom stereocenters. The number of rotatable bonds is 3. The molecule has 0 aliphatic heterocycles. The summed E-state index contributed by atoms with van der Waals surface area (Å²) in [6.07, 6.45) is 3.05. The zero-order valence-corrected chi connectivity index (χ0v) is 8.58. The molecule has 0 spiro atoms. The number of fused-ring (bicyclic) bond motifs is 1. The molecule has 0 saturated heterocycles. The summed E-state index contributed by atoms with van der Waals surface area (Å²) in [5.74, 6) is 0.448. The normalized spacial score (nSPS) is 13.0. The first-order valence-electron chi connectivity index (χ1n) is 4.60. The number of hydrogen-bond donors (Lipinski definition) is 1. The standard InChI is InChI=1S/C9H12N4O2/c1-6(3-14)13-5-12-7-8(13)10-4-11-9(7)15-2/h4-6,14H,3H2,1-2H3. The Kier molecular flexibility index (Phi) is 2.51. The Hall–Kier alpha value is -1.69. The monoisotopic (exact) mass is 208 g/mol. The highest BCUT2D eigenvalue weighted by Gasteiger charge is 2.13. The molecule has 15 heavy (non-hydrogen) atoms. The van der Waals surface area contributed by atoms with Gasteiger partial charge in [-0.1, -0.05) is 0 Å². The maximum atomic E-state index is 9.07. The van der Waals surface area contributed by atoms with Crippen molar-refractivity contribution in [3.05, 3.63) is 12.7 Å². The Morgan fingerprint density at radius 3 is 2.93 bits per heavy atom. The first-order valence-corrected chi connectivity index (χ1v) is 4.60. The van der Waals surface area contributed by atoms with E-state index in [1.165, 1.54) is 13.4 Å². The molecule has 1 N–H and O–H groups in total. The number of imidazole rings is 1. The molecular weight excluding hydrogens is 196 g/mol. The van der Waals surface area contributed by atoms with Gasteiger partial charge in [0.25, 0.3) is 0 Å². The van der Waals surface area contributed by atoms with Gasteiger partial charge < -0.3 is 14.4 Å². The zero-order chi connectivity index (χ0) is 10.8. The number of hydrogen-bond acceptors (Lipinski definition) is 5. The summed E-state index contributed by atoms with van der Waals surface area (Å²) in [5.41, 5.74) is 1.28. The second-order valence-electron chi connectivity index (χ2n) is 3.24. The first kappa shape index (κ1) is 9.85. The highest BCUT2D eigenvalue weighted by Crippen LogP contribution is 2.21. The van der Waals surface area contributed by atoms with Crippen molar-refractivity contribution in [3.63, 3.8) is 0 Å². The van der Waals surface area contributed by atoms with Crippen LogP contribution in [0.25, 0.3) is 11.2 Å². The highest BCUT2D eigenvalue weighted by molar-refractivity contribution is 5.75. The topological polar surface area (TPSA) is 73.1 Å². The number of aliphatic hydroxyl groups is 1. The molecule has 2 heterocycles. The SMILES string of the molecule is COc1ncnc2c1ncn2C(C)CO. The summed E-state index contributed by atoms with van der Waals surface area (Å²) in [6.45, 7) is 1.92. The van der Waals surface area contributed by atoms with E-state index in [0.29, 0.717) is 17.0 Å². The largest absolute Gasteiger partial charge is 0.479 e. The van der Waals surface area contributed by atoms with Gasteiger partial charge in [0.2, 0.25) is 5.88 Å². The number of ether oxygens (including phenoxy) is 1. The molecule has 0 fully saturated rings. The molecule has 0 bridgehead atoms. The van der Waals surface area contributed by atoms with Crippen molar-refractivity contribution in [3.8, 4) is 5.88 Å². The third-order valence-corrected chi connectivity index (χ3v) is 2.26. The molecule has 6 nitrogen and oxygen atoms in total. The number of aliphatic hydroxyl groups excluding tert-OH is 1. The lowest BCUT2D eigenvalue weighted by molar-refractivity contribution is 0.241. The molecule has 2 aromatic rings. The van der Waals surface area contributed by atoms with Crippen molar-refractivity contribution in [1.29, 1.82) is 0 Å². The lowest BCUT2D eigenvalue weighted by Crippen LogP contribution is -2.08. The van der Waals surface area contributed by atoms with Crippen LogP contribution in [0.2, 0.25) is 0 Å². The van der Waals surface area contributed by atoms with Gasteiger partial charge in [-0.2, -0.15) is 4.98 Å². The summed E-state index contributed by atoms with van der Waals surface area (Å²) in [6, 6.07) is -0.0605. The minimum absolute atomic E-state index is 0.0395. The Labute approximate surface area is 86.6 Å². The molecule has 1 unspecified atom stereocenters. The summed E-state index contributed by atoms with van der Waals surface area (Å²) in [7, 11) is 1.54. The molecule has 0 amide bonds. The highest BCUT2D eigenvalue weighted by atomic mass is 16.5. The van der Waals surface area contributed by atoms with E-state index in [2.05, 4.69) is 15.0 Å². The lowest BCUT2D eigenvalue weighted by Gasteiger charge is -2.09. The van der Waals surface area contributed by atoms with Crippen LogP contribution in [0.15, 0.2) is 12.7 Å². The fourth-order valence-electron chi connectivity index (χ4n) is 1.39. The minimum atomic E-state index is -0.0605. The molecular formula is C9H12N4O2. The van der Waals surface area contributed by atoms with Gasteiger partial charge >= 0.3 is 0 Å². The van der Waals surface area contributed by atoms with E-state index in [4.69, 9.17) is 9.84 Å². The van der Waals surface area contributed by atoms with Crippen LogP contribution in [0.1, 0.15) is 13.0 Å². The van der Waals surface area contributed by atoms with Crippen LogP contribution in [0.4, 0.5) is 0 Å². The summed E-state index contributed by atoms with van der Waals surface area (Å²) in [5, 5.41) is 9.07. The molecule has 80 valence electrons. The van der Waals surface area contributed by atoms with E-state index in [0.717, 1.165) is 0 Å². The molecule has 0 saturated carbocycles. The van der Waals surface area contributed by atoms with E-state index in [1.807, 2.05) is 6.92 Å². The third kappa shape index (κ3) is 1.52. The van der Waals surface area contributed by atoms with Crippen LogP contribution in [-0.2, 0) is 0 Å². The van der Waals surface area contributed by atoms with Crippen molar-refractivity contribution in [2.45, 2.75) is 13.0 Å². The van der Waals surface area contributed by atoms with Crippen LogP contribution in [0.5, 0.6) is 5.88 Å². The Morgan fingerprint density at radius 2 is 2.27 bits per heavy atom. The lowest BCUT2D eigenvalue weighted by atomic mass is 10.3.